The van der Waals surface area contributed by atoms with Gasteiger partial charge in [-0.05, 0) is 25.7 Å². The van der Waals surface area contributed by atoms with E-state index in [4.69, 9.17) is 5.73 Å². The molecule has 2 aliphatic rings. The van der Waals surface area contributed by atoms with Crippen LogP contribution in [0.4, 0.5) is 5.13 Å². The largest absolute Gasteiger partial charge is 0.324 e. The average molecular weight is 249 g/mol. The van der Waals surface area contributed by atoms with Crippen LogP contribution in [0.3, 0.4) is 0 Å². The number of hydrogen-bond acceptors (Lipinski definition) is 4. The summed E-state index contributed by atoms with van der Waals surface area (Å²) in [6.07, 6.45) is 7.85. The number of carbonyl (C=O) groups excluding carboxylic acids is 1. The lowest BCUT2D eigenvalue weighted by Gasteiger charge is -2.08. The second-order valence-corrected chi connectivity index (χ2v) is 5.71. The summed E-state index contributed by atoms with van der Waals surface area (Å²) < 4.78 is 0. The number of nitrogens with two attached hydrogens (primary N) is 1. The number of fused-ring (bicyclic) bond motifs is 1. The smallest absolute Gasteiger partial charge is 0.233 e. The maximum Gasteiger partial charge on any atom is 0.233 e. The first-order valence-corrected chi connectivity index (χ1v) is 6.77. The summed E-state index contributed by atoms with van der Waals surface area (Å²) >= 11 is 1.61. The Kier molecular flexibility index (Phi) is 2.72. The number of aryl methyl sites for hydroxylation is 2. The molecule has 1 amide bonds. The highest BCUT2D eigenvalue weighted by atomic mass is 32.1. The molecule has 0 saturated carbocycles. The van der Waals surface area contributed by atoms with E-state index >= 15 is 0 Å². The van der Waals surface area contributed by atoms with Gasteiger partial charge in [0.25, 0.3) is 0 Å². The summed E-state index contributed by atoms with van der Waals surface area (Å²) in [5.74, 6) is -0.0784. The highest BCUT2D eigenvalue weighted by molar-refractivity contribution is 7.15. The number of rotatable bonds is 2. The molecule has 17 heavy (non-hydrogen) atoms. The molecule has 0 spiro atoms. The van der Waals surface area contributed by atoms with Crippen molar-refractivity contribution in [3.63, 3.8) is 0 Å². The van der Waals surface area contributed by atoms with E-state index in [2.05, 4.69) is 10.3 Å². The number of thiazole rings is 1. The Morgan fingerprint density at radius 1 is 1.47 bits per heavy atom. The number of anilines is 1. The summed E-state index contributed by atoms with van der Waals surface area (Å²) in [4.78, 5) is 17.7. The normalized spacial score (nSPS) is 26.2. The second kappa shape index (κ2) is 4.23. The van der Waals surface area contributed by atoms with E-state index in [1.54, 1.807) is 11.3 Å². The van der Waals surface area contributed by atoms with Crippen LogP contribution in [-0.2, 0) is 17.6 Å². The first-order chi connectivity index (χ1) is 8.22. The van der Waals surface area contributed by atoms with Crippen molar-refractivity contribution in [1.82, 2.24) is 4.98 Å². The van der Waals surface area contributed by atoms with Crippen molar-refractivity contribution in [1.29, 1.82) is 0 Å². The van der Waals surface area contributed by atoms with Crippen LogP contribution in [0, 0.1) is 5.92 Å². The van der Waals surface area contributed by atoms with Gasteiger partial charge in [-0.25, -0.2) is 4.98 Å². The zero-order valence-corrected chi connectivity index (χ0v) is 10.3. The van der Waals surface area contributed by atoms with E-state index in [0.717, 1.165) is 18.0 Å². The first-order valence-electron chi connectivity index (χ1n) is 5.96. The van der Waals surface area contributed by atoms with E-state index in [1.165, 1.54) is 17.0 Å². The lowest BCUT2D eigenvalue weighted by molar-refractivity contribution is -0.118. The molecule has 2 aliphatic carbocycles. The van der Waals surface area contributed by atoms with Crippen LogP contribution in [0.1, 0.15) is 23.4 Å². The van der Waals surface area contributed by atoms with Gasteiger partial charge in [0, 0.05) is 10.9 Å². The Labute approximate surface area is 104 Å². The molecule has 0 radical (unpaired) electrons. The molecular formula is C12H15N3OS. The van der Waals surface area contributed by atoms with Crippen LogP contribution in [-0.4, -0.2) is 16.9 Å². The zero-order valence-electron chi connectivity index (χ0n) is 9.48. The van der Waals surface area contributed by atoms with E-state index in [-0.39, 0.29) is 17.9 Å². The minimum absolute atomic E-state index is 0.0154. The Hall–Kier alpha value is -1.20. The van der Waals surface area contributed by atoms with Gasteiger partial charge in [0.15, 0.2) is 5.13 Å². The Bertz CT molecular complexity index is 459. The molecule has 1 heterocycles. The Balaban J connectivity index is 1.66. The minimum Gasteiger partial charge on any atom is -0.324 e. The molecule has 0 bridgehead atoms. The van der Waals surface area contributed by atoms with Gasteiger partial charge >= 0.3 is 0 Å². The number of amides is 1. The van der Waals surface area contributed by atoms with Gasteiger partial charge in [-0.3, -0.25) is 4.79 Å². The van der Waals surface area contributed by atoms with Crippen molar-refractivity contribution >= 4 is 22.4 Å². The van der Waals surface area contributed by atoms with Crippen LogP contribution < -0.4 is 11.1 Å². The predicted octanol–water partition coefficient (Wildman–Crippen LogP) is 1.47. The second-order valence-electron chi connectivity index (χ2n) is 4.62. The SMILES string of the molecule is NC1C=CC(C(=O)Nc2nc3c(s2)CCC3)C1. The third kappa shape index (κ3) is 2.12. The van der Waals surface area contributed by atoms with Gasteiger partial charge in [-0.1, -0.05) is 12.2 Å². The van der Waals surface area contributed by atoms with E-state index in [9.17, 15) is 4.79 Å². The fraction of sp³-hybridized carbons (Fsp3) is 0.500. The maximum atomic E-state index is 11.9. The highest BCUT2D eigenvalue weighted by Gasteiger charge is 2.24. The van der Waals surface area contributed by atoms with Crippen molar-refractivity contribution in [2.45, 2.75) is 31.7 Å². The van der Waals surface area contributed by atoms with Gasteiger partial charge in [-0.15, -0.1) is 11.3 Å². The number of nitrogens with zero attached hydrogens (tertiary/aromatic N) is 1. The monoisotopic (exact) mass is 249 g/mol. The van der Waals surface area contributed by atoms with E-state index in [0.29, 0.717) is 6.42 Å². The van der Waals surface area contributed by atoms with Crippen molar-refractivity contribution in [3.8, 4) is 0 Å². The fourth-order valence-electron chi connectivity index (χ4n) is 2.36. The van der Waals surface area contributed by atoms with Gasteiger partial charge in [-0.2, -0.15) is 0 Å². The Morgan fingerprint density at radius 3 is 3.06 bits per heavy atom. The summed E-state index contributed by atoms with van der Waals surface area (Å²) in [5, 5.41) is 3.64. The summed E-state index contributed by atoms with van der Waals surface area (Å²) in [6.45, 7) is 0. The molecule has 5 heteroatoms. The van der Waals surface area contributed by atoms with Crippen LogP contribution in [0.2, 0.25) is 0 Å². The topological polar surface area (TPSA) is 68.0 Å². The van der Waals surface area contributed by atoms with Crippen molar-refractivity contribution < 1.29 is 4.79 Å². The molecular weight excluding hydrogens is 234 g/mol. The zero-order chi connectivity index (χ0) is 11.8. The molecule has 3 rings (SSSR count). The molecule has 0 saturated heterocycles. The molecule has 0 aliphatic heterocycles. The van der Waals surface area contributed by atoms with Gasteiger partial charge < -0.3 is 11.1 Å². The minimum atomic E-state index is -0.0938. The Morgan fingerprint density at radius 2 is 2.35 bits per heavy atom. The molecule has 1 aromatic heterocycles. The molecule has 2 unspecified atom stereocenters. The van der Waals surface area contributed by atoms with Crippen LogP contribution in [0.5, 0.6) is 0 Å². The molecule has 1 aromatic rings. The molecule has 4 nitrogen and oxygen atoms in total. The fourth-order valence-corrected chi connectivity index (χ4v) is 3.42. The van der Waals surface area contributed by atoms with Gasteiger partial charge in [0.1, 0.15) is 0 Å². The molecule has 2 atom stereocenters. The molecule has 0 aromatic carbocycles. The third-order valence-electron chi connectivity index (χ3n) is 3.28. The molecule has 90 valence electrons. The number of hydrogen-bond donors (Lipinski definition) is 2. The molecule has 0 fully saturated rings. The third-order valence-corrected chi connectivity index (χ3v) is 4.35. The van der Waals surface area contributed by atoms with Gasteiger partial charge in [0.05, 0.1) is 11.6 Å². The summed E-state index contributed by atoms with van der Waals surface area (Å²) in [5.41, 5.74) is 6.91. The molecule has 3 N–H and O–H groups in total. The summed E-state index contributed by atoms with van der Waals surface area (Å²) in [6, 6.07) is 0.0204. The number of carbonyl (C=O) groups is 1. The van der Waals surface area contributed by atoms with Crippen LogP contribution >= 0.6 is 11.3 Å². The van der Waals surface area contributed by atoms with Crippen molar-refractivity contribution in [2.75, 3.05) is 5.32 Å². The van der Waals surface area contributed by atoms with Crippen LogP contribution in [0.15, 0.2) is 12.2 Å². The quantitative estimate of drug-likeness (QED) is 0.780. The number of nitrogens with one attached hydrogen (secondary N) is 1. The highest BCUT2D eigenvalue weighted by Crippen LogP contribution is 2.31. The predicted molar refractivity (Wildman–Crippen MR) is 68.0 cm³/mol. The van der Waals surface area contributed by atoms with E-state index in [1.807, 2.05) is 12.2 Å². The van der Waals surface area contributed by atoms with Crippen molar-refractivity contribution in [3.05, 3.63) is 22.7 Å². The standard InChI is InChI=1S/C12H15N3OS/c13-8-5-4-7(6-8)11(16)15-12-14-9-2-1-3-10(9)17-12/h4-5,7-8H,1-3,6,13H2,(H,14,15,16). The lowest BCUT2D eigenvalue weighted by Crippen LogP contribution is -2.23. The van der Waals surface area contributed by atoms with E-state index < -0.39 is 0 Å². The lowest BCUT2D eigenvalue weighted by atomic mass is 10.1. The summed E-state index contributed by atoms with van der Waals surface area (Å²) in [7, 11) is 0. The maximum absolute atomic E-state index is 11.9. The van der Waals surface area contributed by atoms with Gasteiger partial charge in [0.2, 0.25) is 5.91 Å². The average Bonchev–Trinajstić information content (AvgIpc) is 2.92. The van der Waals surface area contributed by atoms with Crippen molar-refractivity contribution in [2.24, 2.45) is 11.7 Å². The van der Waals surface area contributed by atoms with Crippen LogP contribution in [0.25, 0.3) is 0 Å². The number of aromatic nitrogens is 1. The first kappa shape index (κ1) is 10.9.